The van der Waals surface area contributed by atoms with Gasteiger partial charge in [-0.3, -0.25) is 14.9 Å². The summed E-state index contributed by atoms with van der Waals surface area (Å²) in [6.07, 6.45) is 0.601. The van der Waals surface area contributed by atoms with Gasteiger partial charge in [0.1, 0.15) is 11.8 Å². The highest BCUT2D eigenvalue weighted by atomic mass is 16.6. The number of hydrogen-bond donors (Lipinski definition) is 1. The quantitative estimate of drug-likeness (QED) is 0.618. The Morgan fingerprint density at radius 3 is 2.77 bits per heavy atom. The van der Waals surface area contributed by atoms with Crippen molar-refractivity contribution < 1.29 is 14.5 Å². The second kappa shape index (κ2) is 5.97. The lowest BCUT2D eigenvalue weighted by Gasteiger charge is -2.45. The number of carbonyl (C=O) groups excluding carboxylic acids is 1. The Labute approximate surface area is 175 Å². The van der Waals surface area contributed by atoms with Crippen molar-refractivity contribution in [2.75, 3.05) is 11.4 Å². The van der Waals surface area contributed by atoms with Gasteiger partial charge in [0.25, 0.3) is 5.69 Å². The van der Waals surface area contributed by atoms with E-state index in [1.54, 1.807) is 12.1 Å². The van der Waals surface area contributed by atoms with Gasteiger partial charge in [-0.15, -0.1) is 0 Å². The molecule has 30 heavy (non-hydrogen) atoms. The first-order valence-corrected chi connectivity index (χ1v) is 10.4. The lowest BCUT2D eigenvalue weighted by molar-refractivity contribution is -0.385. The van der Waals surface area contributed by atoms with Crippen molar-refractivity contribution in [2.24, 2.45) is 0 Å². The summed E-state index contributed by atoms with van der Waals surface area (Å²) in [6, 6.07) is 10.6. The van der Waals surface area contributed by atoms with E-state index in [9.17, 15) is 14.9 Å². The number of ether oxygens (including phenoxy) is 1. The first-order chi connectivity index (χ1) is 14.2. The number of amides is 1. The molecule has 0 aliphatic carbocycles. The molecule has 2 bridgehead atoms. The van der Waals surface area contributed by atoms with E-state index in [2.05, 4.69) is 49.2 Å². The van der Waals surface area contributed by atoms with Crippen LogP contribution in [-0.4, -0.2) is 29.1 Å². The van der Waals surface area contributed by atoms with E-state index in [4.69, 9.17) is 4.74 Å². The highest BCUT2D eigenvalue weighted by Crippen LogP contribution is 2.65. The topological polar surface area (TPSA) is 84.7 Å². The number of nitro groups is 1. The summed E-state index contributed by atoms with van der Waals surface area (Å²) >= 11 is 0. The number of non-ortho nitro benzene ring substituents is 1. The number of nitrogens with zero attached hydrogens (tertiary/aromatic N) is 2. The fourth-order valence-electron chi connectivity index (χ4n) is 5.68. The third-order valence-corrected chi connectivity index (χ3v) is 7.11. The summed E-state index contributed by atoms with van der Waals surface area (Å²) in [4.78, 5) is 26.4. The van der Waals surface area contributed by atoms with Crippen LogP contribution in [0.4, 0.5) is 11.4 Å². The molecule has 3 atom stereocenters. The van der Waals surface area contributed by atoms with Crippen LogP contribution in [0.2, 0.25) is 0 Å². The zero-order valence-corrected chi connectivity index (χ0v) is 17.6. The number of rotatable bonds is 3. The number of nitrogens with one attached hydrogen (secondary N) is 1. The Balaban J connectivity index is 1.75. The molecule has 5 rings (SSSR count). The van der Waals surface area contributed by atoms with E-state index in [0.29, 0.717) is 18.7 Å². The maximum Gasteiger partial charge on any atom is 0.269 e. The molecule has 0 saturated carbocycles. The van der Waals surface area contributed by atoms with Crippen LogP contribution in [0.5, 0.6) is 5.75 Å². The third kappa shape index (κ3) is 2.18. The number of carbonyl (C=O) groups is 1. The van der Waals surface area contributed by atoms with E-state index in [1.807, 2.05) is 6.92 Å². The fourth-order valence-corrected chi connectivity index (χ4v) is 5.68. The van der Waals surface area contributed by atoms with Gasteiger partial charge < -0.3 is 15.0 Å². The zero-order valence-electron chi connectivity index (χ0n) is 17.6. The largest absolute Gasteiger partial charge is 0.467 e. The van der Waals surface area contributed by atoms with Crippen molar-refractivity contribution in [3.8, 4) is 5.75 Å². The van der Waals surface area contributed by atoms with E-state index in [-0.39, 0.29) is 22.9 Å². The summed E-state index contributed by atoms with van der Waals surface area (Å²) in [5, 5.41) is 14.4. The van der Waals surface area contributed by atoms with Gasteiger partial charge in [-0.25, -0.2) is 0 Å². The van der Waals surface area contributed by atoms with Crippen molar-refractivity contribution in [1.82, 2.24) is 5.32 Å². The van der Waals surface area contributed by atoms with Gasteiger partial charge in [0, 0.05) is 42.3 Å². The van der Waals surface area contributed by atoms with E-state index < -0.39 is 16.7 Å². The van der Waals surface area contributed by atoms with Crippen LogP contribution in [0.15, 0.2) is 36.4 Å². The molecule has 3 heterocycles. The second-order valence-corrected chi connectivity index (χ2v) is 9.03. The minimum Gasteiger partial charge on any atom is -0.467 e. The standard InChI is InChI=1S/C23H25N3O4/c1-5-24-21(27)20-16-12-23(30-19-9-7-14(26(28)29)11-15(16)19)22(3,4)17-10-13(2)6-8-18(17)25(20)23/h6-11,16,20H,5,12H2,1-4H3,(H,24,27)/t16?,20-,23+/m0/s1. The highest BCUT2D eigenvalue weighted by molar-refractivity contribution is 5.90. The molecular formula is C23H25N3O4. The Morgan fingerprint density at radius 1 is 1.30 bits per heavy atom. The predicted molar refractivity (Wildman–Crippen MR) is 113 cm³/mol. The Kier molecular flexibility index (Phi) is 3.76. The first kappa shape index (κ1) is 18.9. The van der Waals surface area contributed by atoms with Gasteiger partial charge >= 0.3 is 0 Å². The maximum absolute atomic E-state index is 13.3. The molecule has 1 fully saturated rings. The number of hydrogen-bond acceptors (Lipinski definition) is 5. The van der Waals surface area contributed by atoms with Crippen molar-refractivity contribution in [1.29, 1.82) is 0 Å². The summed E-state index contributed by atoms with van der Waals surface area (Å²) in [6.45, 7) is 8.82. The average molecular weight is 407 g/mol. The minimum absolute atomic E-state index is 0.0188. The molecule has 1 N–H and O–H groups in total. The number of likely N-dealkylation sites (N-methyl/N-ethyl adjacent to an activating group) is 1. The summed E-state index contributed by atoms with van der Waals surface area (Å²) < 4.78 is 6.69. The SMILES string of the molecule is CCNC(=O)[C@@H]1C2C[C@]3(Oc4ccc([N+](=O)[O-])cc42)N1c1ccc(C)cc1C3(C)C. The van der Waals surface area contributed by atoms with Crippen molar-refractivity contribution in [2.45, 2.75) is 57.2 Å². The van der Waals surface area contributed by atoms with Crippen LogP contribution >= 0.6 is 0 Å². The Hall–Kier alpha value is -3.09. The lowest BCUT2D eigenvalue weighted by Crippen LogP contribution is -2.59. The van der Waals surface area contributed by atoms with Crippen LogP contribution in [0, 0.1) is 17.0 Å². The van der Waals surface area contributed by atoms with Gasteiger partial charge in [0.05, 0.1) is 10.3 Å². The fraction of sp³-hybridized carbons (Fsp3) is 0.435. The molecule has 3 aliphatic rings. The molecule has 3 aliphatic heterocycles. The molecule has 1 amide bonds. The molecule has 2 aromatic carbocycles. The van der Waals surface area contributed by atoms with Crippen molar-refractivity contribution >= 4 is 17.3 Å². The van der Waals surface area contributed by atoms with Crippen LogP contribution in [-0.2, 0) is 10.2 Å². The third-order valence-electron chi connectivity index (χ3n) is 7.11. The van der Waals surface area contributed by atoms with Crippen molar-refractivity contribution in [3.05, 3.63) is 63.2 Å². The number of fused-ring (bicyclic) bond motifs is 5. The molecule has 1 spiro atoms. The van der Waals surface area contributed by atoms with Crippen LogP contribution in [0.25, 0.3) is 0 Å². The monoisotopic (exact) mass is 407 g/mol. The normalized spacial score (nSPS) is 27.0. The molecule has 7 nitrogen and oxygen atoms in total. The summed E-state index contributed by atoms with van der Waals surface area (Å²) in [5.74, 6) is 0.372. The smallest absolute Gasteiger partial charge is 0.269 e. The lowest BCUT2D eigenvalue weighted by atomic mass is 9.72. The summed E-state index contributed by atoms with van der Waals surface area (Å²) in [7, 11) is 0. The second-order valence-electron chi connectivity index (χ2n) is 9.03. The molecule has 0 radical (unpaired) electrons. The van der Waals surface area contributed by atoms with Crippen LogP contribution in [0.3, 0.4) is 0 Å². The zero-order chi connectivity index (χ0) is 21.4. The van der Waals surface area contributed by atoms with Gasteiger partial charge in [-0.05, 0) is 45.4 Å². The highest BCUT2D eigenvalue weighted by Gasteiger charge is 2.70. The number of benzene rings is 2. The van der Waals surface area contributed by atoms with E-state index >= 15 is 0 Å². The Bertz CT molecular complexity index is 1100. The van der Waals surface area contributed by atoms with Gasteiger partial charge in [-0.2, -0.15) is 0 Å². The van der Waals surface area contributed by atoms with Gasteiger partial charge in [-0.1, -0.05) is 17.7 Å². The number of aryl methyl sites for hydroxylation is 1. The molecule has 0 aromatic heterocycles. The first-order valence-electron chi connectivity index (χ1n) is 10.4. The molecule has 7 heteroatoms. The van der Waals surface area contributed by atoms with Crippen LogP contribution in [0.1, 0.15) is 49.8 Å². The predicted octanol–water partition coefficient (Wildman–Crippen LogP) is 3.78. The molecular weight excluding hydrogens is 382 g/mol. The number of anilines is 1. The molecule has 1 saturated heterocycles. The van der Waals surface area contributed by atoms with Gasteiger partial charge in [0.2, 0.25) is 5.91 Å². The molecule has 156 valence electrons. The Morgan fingerprint density at radius 2 is 2.07 bits per heavy atom. The maximum atomic E-state index is 13.3. The van der Waals surface area contributed by atoms with Crippen molar-refractivity contribution in [3.63, 3.8) is 0 Å². The average Bonchev–Trinajstić information content (AvgIpc) is 3.07. The van der Waals surface area contributed by atoms with Crippen LogP contribution < -0.4 is 15.0 Å². The number of nitro benzene ring substituents is 1. The molecule has 2 aromatic rings. The van der Waals surface area contributed by atoms with E-state index in [1.165, 1.54) is 11.6 Å². The van der Waals surface area contributed by atoms with E-state index in [0.717, 1.165) is 16.8 Å². The molecule has 1 unspecified atom stereocenters. The van der Waals surface area contributed by atoms with Gasteiger partial charge in [0.15, 0.2) is 5.72 Å². The summed E-state index contributed by atoms with van der Waals surface area (Å²) in [5.41, 5.74) is 3.01. The minimum atomic E-state index is -0.716.